The van der Waals surface area contributed by atoms with Gasteiger partial charge in [0, 0.05) is 23.5 Å². The first-order chi connectivity index (χ1) is 10.3. The van der Waals surface area contributed by atoms with Gasteiger partial charge < -0.3 is 10.6 Å². The zero-order chi connectivity index (χ0) is 14.7. The molecule has 3 nitrogen and oxygen atoms in total. The van der Waals surface area contributed by atoms with E-state index in [0.29, 0.717) is 0 Å². The minimum absolute atomic E-state index is 0.0340. The van der Waals surface area contributed by atoms with Crippen LogP contribution in [0.15, 0.2) is 42.5 Å². The maximum absolute atomic E-state index is 12.4. The Hall–Kier alpha value is -2.29. The number of hydrogen-bond donors (Lipinski definition) is 2. The second-order valence-electron chi connectivity index (χ2n) is 5.41. The lowest BCUT2D eigenvalue weighted by atomic mass is 10.1. The molecule has 0 aromatic heterocycles. The highest BCUT2D eigenvalue weighted by Crippen LogP contribution is 2.24. The van der Waals surface area contributed by atoms with E-state index in [0.717, 1.165) is 42.7 Å². The van der Waals surface area contributed by atoms with Crippen LogP contribution < -0.4 is 10.6 Å². The van der Waals surface area contributed by atoms with Crippen LogP contribution in [0.25, 0.3) is 0 Å². The Bertz CT molecular complexity index is 664. The average molecular weight is 280 g/mol. The minimum atomic E-state index is -0.0340. The van der Waals surface area contributed by atoms with E-state index < -0.39 is 0 Å². The van der Waals surface area contributed by atoms with Gasteiger partial charge in [0.1, 0.15) is 0 Å². The fourth-order valence-electron chi connectivity index (χ4n) is 2.77. The van der Waals surface area contributed by atoms with Gasteiger partial charge in [-0.05, 0) is 48.2 Å². The molecule has 1 aliphatic rings. The number of amides is 1. The Morgan fingerprint density at radius 1 is 1.24 bits per heavy atom. The molecule has 2 N–H and O–H groups in total. The molecule has 1 heterocycles. The molecule has 3 rings (SSSR count). The largest absolute Gasteiger partial charge is 0.384 e. The van der Waals surface area contributed by atoms with Crippen LogP contribution in [0.5, 0.6) is 0 Å². The third-order valence-electron chi connectivity index (χ3n) is 3.86. The van der Waals surface area contributed by atoms with Crippen LogP contribution >= 0.6 is 0 Å². The van der Waals surface area contributed by atoms with Gasteiger partial charge in [-0.25, -0.2) is 0 Å². The predicted octanol–water partition coefficient (Wildman–Crippen LogP) is 3.86. The van der Waals surface area contributed by atoms with Gasteiger partial charge in [-0.15, -0.1) is 0 Å². The molecule has 0 fully saturated rings. The van der Waals surface area contributed by atoms with E-state index in [1.807, 2.05) is 36.4 Å². The molecule has 2 aromatic rings. The molecule has 2 aromatic carbocycles. The second kappa shape index (κ2) is 6.00. The van der Waals surface area contributed by atoms with Crippen molar-refractivity contribution in [2.75, 3.05) is 17.2 Å². The molecule has 0 saturated heterocycles. The maximum atomic E-state index is 12.4. The molecule has 0 atom stereocenters. The van der Waals surface area contributed by atoms with Crippen molar-refractivity contribution in [3.8, 4) is 0 Å². The number of hydrogen-bond acceptors (Lipinski definition) is 2. The van der Waals surface area contributed by atoms with E-state index in [1.165, 1.54) is 11.1 Å². The molecule has 21 heavy (non-hydrogen) atoms. The third-order valence-corrected chi connectivity index (χ3v) is 3.86. The number of anilines is 2. The van der Waals surface area contributed by atoms with Crippen LogP contribution in [-0.2, 0) is 12.8 Å². The van der Waals surface area contributed by atoms with Crippen molar-refractivity contribution in [1.82, 2.24) is 0 Å². The van der Waals surface area contributed by atoms with E-state index in [4.69, 9.17) is 0 Å². The van der Waals surface area contributed by atoms with Crippen molar-refractivity contribution >= 4 is 17.3 Å². The number of para-hydroxylation sites is 1. The number of carbonyl (C=O) groups is 1. The molecular weight excluding hydrogens is 260 g/mol. The van der Waals surface area contributed by atoms with Crippen LogP contribution in [0.4, 0.5) is 11.4 Å². The highest BCUT2D eigenvalue weighted by Gasteiger charge is 2.14. The van der Waals surface area contributed by atoms with E-state index in [9.17, 15) is 4.79 Å². The fraction of sp³-hybridized carbons (Fsp3) is 0.278. The molecule has 0 bridgehead atoms. The van der Waals surface area contributed by atoms with E-state index in [1.54, 1.807) is 0 Å². The van der Waals surface area contributed by atoms with Gasteiger partial charge in [0.15, 0.2) is 0 Å². The van der Waals surface area contributed by atoms with Gasteiger partial charge >= 0.3 is 0 Å². The molecule has 0 aliphatic carbocycles. The molecule has 1 aliphatic heterocycles. The highest BCUT2D eigenvalue weighted by atomic mass is 16.1. The van der Waals surface area contributed by atoms with Crippen LogP contribution in [0, 0.1) is 0 Å². The zero-order valence-corrected chi connectivity index (χ0v) is 12.3. The molecule has 3 heteroatoms. The molecule has 0 saturated carbocycles. The Labute approximate surface area is 125 Å². The predicted molar refractivity (Wildman–Crippen MR) is 87.0 cm³/mol. The summed E-state index contributed by atoms with van der Waals surface area (Å²) in [6.07, 6.45) is 3.03. The zero-order valence-electron chi connectivity index (χ0n) is 12.3. The first-order valence-corrected chi connectivity index (χ1v) is 7.54. The lowest BCUT2D eigenvalue weighted by Gasteiger charge is -2.11. The molecule has 1 amide bonds. The lowest BCUT2D eigenvalue weighted by Crippen LogP contribution is -2.13. The van der Waals surface area contributed by atoms with Gasteiger partial charge in [-0.3, -0.25) is 4.79 Å². The molecule has 0 unspecified atom stereocenters. The quantitative estimate of drug-likeness (QED) is 0.893. The van der Waals surface area contributed by atoms with Gasteiger partial charge in [0.25, 0.3) is 5.91 Å². The van der Waals surface area contributed by atoms with Crippen molar-refractivity contribution in [2.45, 2.75) is 26.2 Å². The highest BCUT2D eigenvalue weighted by molar-refractivity contribution is 6.05. The minimum Gasteiger partial charge on any atom is -0.384 e. The van der Waals surface area contributed by atoms with Crippen LogP contribution in [-0.4, -0.2) is 12.5 Å². The first-order valence-electron chi connectivity index (χ1n) is 7.54. The maximum Gasteiger partial charge on any atom is 0.255 e. The second-order valence-corrected chi connectivity index (χ2v) is 5.41. The molecule has 0 radical (unpaired) electrons. The van der Waals surface area contributed by atoms with E-state index >= 15 is 0 Å². The summed E-state index contributed by atoms with van der Waals surface area (Å²) in [4.78, 5) is 12.4. The third kappa shape index (κ3) is 2.92. The van der Waals surface area contributed by atoms with E-state index in [2.05, 4.69) is 23.6 Å². The van der Waals surface area contributed by atoms with Crippen LogP contribution in [0.1, 0.15) is 34.8 Å². The molecule has 0 spiro atoms. The SMILES string of the molecule is CCCc1ccccc1NC(=O)c1ccc2c(c1)CCN2. The first kappa shape index (κ1) is 13.7. The Morgan fingerprint density at radius 2 is 2.10 bits per heavy atom. The topological polar surface area (TPSA) is 41.1 Å². The summed E-state index contributed by atoms with van der Waals surface area (Å²) in [7, 11) is 0. The Kier molecular flexibility index (Phi) is 3.91. The van der Waals surface area contributed by atoms with Crippen molar-refractivity contribution in [1.29, 1.82) is 0 Å². The van der Waals surface area contributed by atoms with Gasteiger partial charge in [-0.2, -0.15) is 0 Å². The summed E-state index contributed by atoms with van der Waals surface area (Å²) < 4.78 is 0. The standard InChI is InChI=1S/C18H20N2O/c1-2-5-13-6-3-4-7-17(13)20-18(21)15-8-9-16-14(12-15)10-11-19-16/h3-4,6-9,12,19H,2,5,10-11H2,1H3,(H,20,21). The van der Waals surface area contributed by atoms with Crippen molar-refractivity contribution in [2.24, 2.45) is 0 Å². The molecular formula is C18H20N2O. The summed E-state index contributed by atoms with van der Waals surface area (Å²) in [6.45, 7) is 3.10. The summed E-state index contributed by atoms with van der Waals surface area (Å²) in [5, 5.41) is 6.35. The number of aryl methyl sites for hydroxylation is 1. The number of fused-ring (bicyclic) bond motifs is 1. The van der Waals surface area contributed by atoms with E-state index in [-0.39, 0.29) is 5.91 Å². The van der Waals surface area contributed by atoms with Crippen molar-refractivity contribution < 1.29 is 4.79 Å². The van der Waals surface area contributed by atoms with Crippen molar-refractivity contribution in [3.63, 3.8) is 0 Å². The number of carbonyl (C=O) groups excluding carboxylic acids is 1. The monoisotopic (exact) mass is 280 g/mol. The van der Waals surface area contributed by atoms with Crippen LogP contribution in [0.3, 0.4) is 0 Å². The smallest absolute Gasteiger partial charge is 0.255 e. The average Bonchev–Trinajstić information content (AvgIpc) is 2.97. The van der Waals surface area contributed by atoms with Gasteiger partial charge in [-0.1, -0.05) is 31.5 Å². The van der Waals surface area contributed by atoms with Gasteiger partial charge in [0.2, 0.25) is 0 Å². The summed E-state index contributed by atoms with van der Waals surface area (Å²) >= 11 is 0. The summed E-state index contributed by atoms with van der Waals surface area (Å²) in [5.41, 5.74) is 5.21. The number of nitrogens with one attached hydrogen (secondary N) is 2. The van der Waals surface area contributed by atoms with Crippen molar-refractivity contribution in [3.05, 3.63) is 59.2 Å². The number of rotatable bonds is 4. The lowest BCUT2D eigenvalue weighted by molar-refractivity contribution is 0.102. The van der Waals surface area contributed by atoms with Gasteiger partial charge in [0.05, 0.1) is 0 Å². The molecule has 108 valence electrons. The summed E-state index contributed by atoms with van der Waals surface area (Å²) in [6, 6.07) is 13.9. The summed E-state index contributed by atoms with van der Waals surface area (Å²) in [5.74, 6) is -0.0340. The fourth-order valence-corrected chi connectivity index (χ4v) is 2.77. The van der Waals surface area contributed by atoms with Crippen LogP contribution in [0.2, 0.25) is 0 Å². The Morgan fingerprint density at radius 3 is 2.95 bits per heavy atom. The normalized spacial score (nSPS) is 12.6. The number of benzene rings is 2. The Balaban J connectivity index is 1.80.